The zero-order valence-corrected chi connectivity index (χ0v) is 12.0. The third-order valence-electron chi connectivity index (χ3n) is 3.46. The largest absolute Gasteiger partial charge is 0.383 e. The molecule has 0 aliphatic rings. The van der Waals surface area contributed by atoms with Gasteiger partial charge in [-0.05, 0) is 23.5 Å². The van der Waals surface area contributed by atoms with Gasteiger partial charge in [0.1, 0.15) is 0 Å². The molecular weight excluding hydrogens is 208 g/mol. The van der Waals surface area contributed by atoms with E-state index in [1.807, 2.05) is 0 Å². The molecule has 0 saturated carbocycles. The summed E-state index contributed by atoms with van der Waals surface area (Å²) in [6.45, 7) is 10.2. The minimum atomic E-state index is 0.347. The predicted molar refractivity (Wildman–Crippen MR) is 77.9 cm³/mol. The standard InChI is InChI=1S/C15H26N2/c1-12(15(2,3)4)11-16-13-9-7-8-10-14(13)17(5)6/h7-10,12,16H,11H2,1-6H3. The molecule has 1 atom stereocenters. The molecule has 0 saturated heterocycles. The Hall–Kier alpha value is -1.18. The van der Waals surface area contributed by atoms with E-state index < -0.39 is 0 Å². The summed E-state index contributed by atoms with van der Waals surface area (Å²) in [6.07, 6.45) is 0. The molecule has 2 heteroatoms. The van der Waals surface area contributed by atoms with Crippen molar-refractivity contribution in [2.45, 2.75) is 27.7 Å². The zero-order valence-electron chi connectivity index (χ0n) is 12.0. The first-order valence-corrected chi connectivity index (χ1v) is 6.32. The van der Waals surface area contributed by atoms with Gasteiger partial charge in [-0.2, -0.15) is 0 Å². The van der Waals surface area contributed by atoms with Gasteiger partial charge in [0.25, 0.3) is 0 Å². The van der Waals surface area contributed by atoms with Gasteiger partial charge in [0.2, 0.25) is 0 Å². The maximum absolute atomic E-state index is 3.56. The van der Waals surface area contributed by atoms with Gasteiger partial charge in [0.05, 0.1) is 11.4 Å². The Bertz CT molecular complexity index is 350. The van der Waals surface area contributed by atoms with E-state index >= 15 is 0 Å². The fraction of sp³-hybridized carbons (Fsp3) is 0.600. The molecule has 1 rings (SSSR count). The first kappa shape index (κ1) is 13.9. The minimum absolute atomic E-state index is 0.347. The molecule has 0 heterocycles. The lowest BCUT2D eigenvalue weighted by atomic mass is 9.82. The van der Waals surface area contributed by atoms with Crippen LogP contribution in [0, 0.1) is 11.3 Å². The van der Waals surface area contributed by atoms with E-state index in [9.17, 15) is 0 Å². The number of benzene rings is 1. The third-order valence-corrected chi connectivity index (χ3v) is 3.46. The Labute approximate surface area is 106 Å². The van der Waals surface area contributed by atoms with Crippen LogP contribution in [-0.4, -0.2) is 20.6 Å². The lowest BCUT2D eigenvalue weighted by Crippen LogP contribution is -2.25. The molecule has 17 heavy (non-hydrogen) atoms. The highest BCUT2D eigenvalue weighted by atomic mass is 15.1. The molecule has 1 unspecified atom stereocenters. The average Bonchev–Trinajstić information content (AvgIpc) is 2.24. The van der Waals surface area contributed by atoms with E-state index in [4.69, 9.17) is 0 Å². The number of nitrogens with one attached hydrogen (secondary N) is 1. The number of anilines is 2. The van der Waals surface area contributed by atoms with Crippen molar-refractivity contribution in [1.82, 2.24) is 0 Å². The number of para-hydroxylation sites is 2. The second-order valence-corrected chi connectivity index (χ2v) is 6.06. The lowest BCUT2D eigenvalue weighted by Gasteiger charge is -2.28. The molecule has 1 aromatic rings. The summed E-state index contributed by atoms with van der Waals surface area (Å²) < 4.78 is 0. The maximum Gasteiger partial charge on any atom is 0.0596 e. The van der Waals surface area contributed by atoms with Gasteiger partial charge >= 0.3 is 0 Å². The Kier molecular flexibility index (Phi) is 4.44. The molecular formula is C15H26N2. The van der Waals surface area contributed by atoms with Gasteiger partial charge in [-0.1, -0.05) is 39.8 Å². The lowest BCUT2D eigenvalue weighted by molar-refractivity contribution is 0.274. The molecule has 0 spiro atoms. The Morgan fingerprint density at radius 1 is 1.18 bits per heavy atom. The van der Waals surface area contributed by atoms with Gasteiger partial charge in [0.15, 0.2) is 0 Å². The number of hydrogen-bond donors (Lipinski definition) is 1. The normalized spacial score (nSPS) is 13.3. The van der Waals surface area contributed by atoms with Gasteiger partial charge in [-0.15, -0.1) is 0 Å². The van der Waals surface area contributed by atoms with Crippen molar-refractivity contribution in [3.8, 4) is 0 Å². The summed E-state index contributed by atoms with van der Waals surface area (Å²) in [5.41, 5.74) is 2.81. The number of rotatable bonds is 4. The van der Waals surface area contributed by atoms with Crippen molar-refractivity contribution < 1.29 is 0 Å². The van der Waals surface area contributed by atoms with Crippen LogP contribution in [0.4, 0.5) is 11.4 Å². The highest BCUT2D eigenvalue weighted by Gasteiger charge is 2.19. The molecule has 2 nitrogen and oxygen atoms in total. The molecule has 0 amide bonds. The van der Waals surface area contributed by atoms with E-state index in [0.717, 1.165) is 6.54 Å². The summed E-state index contributed by atoms with van der Waals surface area (Å²) in [5.74, 6) is 0.637. The highest BCUT2D eigenvalue weighted by molar-refractivity contribution is 5.69. The fourth-order valence-electron chi connectivity index (χ4n) is 1.58. The highest BCUT2D eigenvalue weighted by Crippen LogP contribution is 2.28. The quantitative estimate of drug-likeness (QED) is 0.851. The molecule has 1 N–H and O–H groups in total. The Morgan fingerprint density at radius 2 is 1.76 bits per heavy atom. The summed E-state index contributed by atoms with van der Waals surface area (Å²) in [7, 11) is 4.15. The van der Waals surface area contributed by atoms with Crippen LogP contribution in [0.5, 0.6) is 0 Å². The van der Waals surface area contributed by atoms with Crippen molar-refractivity contribution >= 4 is 11.4 Å². The van der Waals surface area contributed by atoms with Crippen LogP contribution in [0.2, 0.25) is 0 Å². The smallest absolute Gasteiger partial charge is 0.0596 e. The SMILES string of the molecule is CC(CNc1ccccc1N(C)C)C(C)(C)C. The summed E-state index contributed by atoms with van der Waals surface area (Å²) in [6, 6.07) is 8.44. The monoisotopic (exact) mass is 234 g/mol. The third kappa shape index (κ3) is 3.95. The van der Waals surface area contributed by atoms with Gasteiger partial charge in [0, 0.05) is 20.6 Å². The summed E-state index contributed by atoms with van der Waals surface area (Å²) >= 11 is 0. The van der Waals surface area contributed by atoms with E-state index in [1.54, 1.807) is 0 Å². The van der Waals surface area contributed by atoms with Crippen LogP contribution < -0.4 is 10.2 Å². The van der Waals surface area contributed by atoms with Crippen molar-refractivity contribution in [3.05, 3.63) is 24.3 Å². The van der Waals surface area contributed by atoms with E-state index in [2.05, 4.69) is 76.3 Å². The van der Waals surface area contributed by atoms with Gasteiger partial charge in [-0.25, -0.2) is 0 Å². The fourth-order valence-corrected chi connectivity index (χ4v) is 1.58. The van der Waals surface area contributed by atoms with Crippen LogP contribution >= 0.6 is 0 Å². The molecule has 0 fully saturated rings. The van der Waals surface area contributed by atoms with Crippen molar-refractivity contribution in [3.63, 3.8) is 0 Å². The number of hydrogen-bond acceptors (Lipinski definition) is 2. The summed E-state index contributed by atoms with van der Waals surface area (Å²) in [5, 5.41) is 3.56. The average molecular weight is 234 g/mol. The molecule has 0 aliphatic carbocycles. The molecule has 0 radical (unpaired) electrons. The van der Waals surface area contributed by atoms with Crippen LogP contribution in [0.3, 0.4) is 0 Å². The second-order valence-electron chi connectivity index (χ2n) is 6.06. The molecule has 1 aromatic carbocycles. The van der Waals surface area contributed by atoms with Crippen molar-refractivity contribution in [1.29, 1.82) is 0 Å². The van der Waals surface area contributed by atoms with Gasteiger partial charge < -0.3 is 10.2 Å². The topological polar surface area (TPSA) is 15.3 Å². The van der Waals surface area contributed by atoms with Crippen LogP contribution in [-0.2, 0) is 0 Å². The first-order chi connectivity index (χ1) is 7.82. The summed E-state index contributed by atoms with van der Waals surface area (Å²) in [4.78, 5) is 2.14. The Morgan fingerprint density at radius 3 is 2.29 bits per heavy atom. The zero-order chi connectivity index (χ0) is 13.1. The van der Waals surface area contributed by atoms with E-state index in [1.165, 1.54) is 11.4 Å². The Balaban J connectivity index is 2.70. The van der Waals surface area contributed by atoms with Crippen LogP contribution in [0.15, 0.2) is 24.3 Å². The first-order valence-electron chi connectivity index (χ1n) is 6.32. The maximum atomic E-state index is 3.56. The van der Waals surface area contributed by atoms with Gasteiger partial charge in [-0.3, -0.25) is 0 Å². The number of nitrogens with zero attached hydrogens (tertiary/aromatic N) is 1. The van der Waals surface area contributed by atoms with Crippen LogP contribution in [0.1, 0.15) is 27.7 Å². The predicted octanol–water partition coefficient (Wildman–Crippen LogP) is 3.85. The molecule has 0 bridgehead atoms. The second kappa shape index (κ2) is 5.44. The molecule has 0 aliphatic heterocycles. The molecule has 96 valence electrons. The van der Waals surface area contributed by atoms with E-state index in [-0.39, 0.29) is 0 Å². The van der Waals surface area contributed by atoms with Crippen molar-refractivity contribution in [2.75, 3.05) is 30.9 Å². The minimum Gasteiger partial charge on any atom is -0.383 e. The van der Waals surface area contributed by atoms with Crippen molar-refractivity contribution in [2.24, 2.45) is 11.3 Å². The van der Waals surface area contributed by atoms with E-state index in [0.29, 0.717) is 11.3 Å². The molecule has 0 aromatic heterocycles. The van der Waals surface area contributed by atoms with Crippen LogP contribution in [0.25, 0.3) is 0 Å².